The topological polar surface area (TPSA) is 43.6 Å². The summed E-state index contributed by atoms with van der Waals surface area (Å²) in [6, 6.07) is 9.57. The molecule has 0 saturated heterocycles. The first-order valence-electron chi connectivity index (χ1n) is 8.29. The fourth-order valence-corrected chi connectivity index (χ4v) is 3.68. The average molecular weight is 404 g/mol. The molecule has 0 bridgehead atoms. The van der Waals surface area contributed by atoms with Gasteiger partial charge in [0.1, 0.15) is 5.75 Å². The zero-order chi connectivity index (χ0) is 20.3. The SMILES string of the molecule is C#CCn1c(=NC(=O)c2cccc(C(F)(F)F)c2)sc2cc(OCC)ccc21. The predicted molar refractivity (Wildman–Crippen MR) is 101 cm³/mol. The van der Waals surface area contributed by atoms with Crippen LogP contribution in [0.5, 0.6) is 5.75 Å². The number of halogens is 3. The van der Waals surface area contributed by atoms with Gasteiger partial charge in [-0.15, -0.1) is 6.42 Å². The van der Waals surface area contributed by atoms with Crippen molar-refractivity contribution >= 4 is 27.5 Å². The van der Waals surface area contributed by atoms with E-state index >= 15 is 0 Å². The summed E-state index contributed by atoms with van der Waals surface area (Å²) >= 11 is 1.21. The summed E-state index contributed by atoms with van der Waals surface area (Å²) in [5.74, 6) is 2.40. The Morgan fingerprint density at radius 3 is 2.75 bits per heavy atom. The molecule has 0 radical (unpaired) electrons. The summed E-state index contributed by atoms with van der Waals surface area (Å²) in [4.78, 5) is 16.8. The molecule has 0 fully saturated rings. The molecule has 0 saturated carbocycles. The van der Waals surface area contributed by atoms with Crippen molar-refractivity contribution in [3.8, 4) is 18.1 Å². The Balaban J connectivity index is 2.09. The van der Waals surface area contributed by atoms with Crippen molar-refractivity contribution in [3.63, 3.8) is 0 Å². The molecule has 1 aromatic heterocycles. The lowest BCUT2D eigenvalue weighted by atomic mass is 10.1. The second-order valence-corrected chi connectivity index (χ2v) is 6.74. The summed E-state index contributed by atoms with van der Waals surface area (Å²) in [6.07, 6.45) is 0.890. The van der Waals surface area contributed by atoms with Crippen LogP contribution in [0.25, 0.3) is 10.2 Å². The van der Waals surface area contributed by atoms with Gasteiger partial charge >= 0.3 is 6.18 Å². The lowest BCUT2D eigenvalue weighted by molar-refractivity contribution is -0.137. The van der Waals surface area contributed by atoms with Gasteiger partial charge in [0, 0.05) is 5.56 Å². The first kappa shape index (κ1) is 19.7. The third kappa shape index (κ3) is 4.10. The molecular formula is C20H15F3N2O2S. The second-order valence-electron chi connectivity index (χ2n) is 5.73. The zero-order valence-corrected chi connectivity index (χ0v) is 15.6. The van der Waals surface area contributed by atoms with Gasteiger partial charge < -0.3 is 9.30 Å². The zero-order valence-electron chi connectivity index (χ0n) is 14.8. The van der Waals surface area contributed by atoms with Crippen LogP contribution in [0.4, 0.5) is 13.2 Å². The van der Waals surface area contributed by atoms with Crippen molar-refractivity contribution < 1.29 is 22.7 Å². The minimum Gasteiger partial charge on any atom is -0.494 e. The molecule has 0 unspecified atom stereocenters. The molecule has 144 valence electrons. The lowest BCUT2D eigenvalue weighted by Crippen LogP contribution is -2.16. The van der Waals surface area contributed by atoms with Crippen LogP contribution < -0.4 is 9.54 Å². The third-order valence-electron chi connectivity index (χ3n) is 3.85. The highest BCUT2D eigenvalue weighted by molar-refractivity contribution is 7.16. The highest BCUT2D eigenvalue weighted by Crippen LogP contribution is 2.29. The Labute approximate surface area is 162 Å². The Bertz CT molecular complexity index is 1140. The summed E-state index contributed by atoms with van der Waals surface area (Å²) < 4.78 is 46.6. The van der Waals surface area contributed by atoms with Crippen LogP contribution in [0.1, 0.15) is 22.8 Å². The smallest absolute Gasteiger partial charge is 0.416 e. The number of carbonyl (C=O) groups excluding carboxylic acids is 1. The molecule has 3 rings (SSSR count). The number of hydrogen-bond donors (Lipinski definition) is 0. The van der Waals surface area contributed by atoms with Gasteiger partial charge in [0.05, 0.1) is 28.9 Å². The van der Waals surface area contributed by atoms with Gasteiger partial charge in [0.2, 0.25) is 0 Å². The van der Waals surface area contributed by atoms with E-state index < -0.39 is 17.6 Å². The van der Waals surface area contributed by atoms with Gasteiger partial charge in [-0.25, -0.2) is 0 Å². The van der Waals surface area contributed by atoms with Crippen LogP contribution in [0.15, 0.2) is 47.5 Å². The number of alkyl halides is 3. The summed E-state index contributed by atoms with van der Waals surface area (Å²) in [7, 11) is 0. The quantitative estimate of drug-likeness (QED) is 0.601. The number of nitrogens with zero attached hydrogens (tertiary/aromatic N) is 2. The van der Waals surface area contributed by atoms with Gasteiger partial charge in [-0.3, -0.25) is 4.79 Å². The van der Waals surface area contributed by atoms with E-state index in [4.69, 9.17) is 11.2 Å². The van der Waals surface area contributed by atoms with E-state index in [1.54, 1.807) is 10.6 Å². The number of amides is 1. The maximum Gasteiger partial charge on any atom is 0.416 e. The molecule has 0 aliphatic carbocycles. The Morgan fingerprint density at radius 2 is 2.07 bits per heavy atom. The molecule has 0 aliphatic heterocycles. The number of rotatable bonds is 4. The standard InChI is InChI=1S/C20H15F3N2O2S/c1-3-10-25-16-9-8-15(27-4-2)12-17(16)28-19(25)24-18(26)13-6-5-7-14(11-13)20(21,22)23/h1,5-9,11-12H,4,10H2,2H3. The molecule has 28 heavy (non-hydrogen) atoms. The number of hydrogen-bond acceptors (Lipinski definition) is 3. The summed E-state index contributed by atoms with van der Waals surface area (Å²) in [5, 5.41) is 0. The van der Waals surface area contributed by atoms with Crippen molar-refractivity contribution in [1.82, 2.24) is 4.57 Å². The Morgan fingerprint density at radius 1 is 1.29 bits per heavy atom. The van der Waals surface area contributed by atoms with Crippen molar-refractivity contribution in [1.29, 1.82) is 0 Å². The first-order valence-corrected chi connectivity index (χ1v) is 9.11. The van der Waals surface area contributed by atoms with E-state index in [2.05, 4.69) is 10.9 Å². The van der Waals surface area contributed by atoms with Gasteiger partial charge in [-0.05, 0) is 43.3 Å². The first-order chi connectivity index (χ1) is 13.3. The van der Waals surface area contributed by atoms with Crippen LogP contribution in [0, 0.1) is 12.3 Å². The average Bonchev–Trinajstić information content (AvgIpc) is 2.98. The van der Waals surface area contributed by atoms with E-state index in [1.165, 1.54) is 23.5 Å². The minimum atomic E-state index is -4.53. The van der Waals surface area contributed by atoms with Crippen molar-refractivity contribution in [2.75, 3.05) is 6.61 Å². The van der Waals surface area contributed by atoms with Gasteiger partial charge in [0.15, 0.2) is 4.80 Å². The molecule has 1 amide bonds. The fourth-order valence-electron chi connectivity index (χ4n) is 2.62. The van der Waals surface area contributed by atoms with Crippen LogP contribution in [0.2, 0.25) is 0 Å². The van der Waals surface area contributed by atoms with Gasteiger partial charge in [0.25, 0.3) is 5.91 Å². The van der Waals surface area contributed by atoms with Gasteiger partial charge in [-0.1, -0.05) is 23.3 Å². The van der Waals surface area contributed by atoms with E-state index in [0.717, 1.165) is 22.3 Å². The number of benzene rings is 2. The summed E-state index contributed by atoms with van der Waals surface area (Å²) in [5.41, 5.74) is -0.278. The fraction of sp³-hybridized carbons (Fsp3) is 0.200. The third-order valence-corrected chi connectivity index (χ3v) is 4.89. The number of terminal acetylenes is 1. The molecule has 4 nitrogen and oxygen atoms in total. The molecular weight excluding hydrogens is 389 g/mol. The molecule has 0 spiro atoms. The number of aromatic nitrogens is 1. The highest BCUT2D eigenvalue weighted by atomic mass is 32.1. The molecule has 2 aromatic carbocycles. The minimum absolute atomic E-state index is 0.144. The Kier molecular flexibility index (Phi) is 5.56. The molecule has 0 aliphatic rings. The van der Waals surface area contributed by atoms with Gasteiger partial charge in [-0.2, -0.15) is 18.2 Å². The number of ether oxygens (including phenoxy) is 1. The van der Waals surface area contributed by atoms with Crippen LogP contribution in [-0.2, 0) is 12.7 Å². The highest BCUT2D eigenvalue weighted by Gasteiger charge is 2.30. The number of fused-ring (bicyclic) bond motifs is 1. The monoisotopic (exact) mass is 404 g/mol. The molecule has 0 atom stereocenters. The maximum absolute atomic E-state index is 12.9. The maximum atomic E-state index is 12.9. The van der Waals surface area contributed by atoms with E-state index in [9.17, 15) is 18.0 Å². The molecule has 1 heterocycles. The van der Waals surface area contributed by atoms with Crippen molar-refractivity contribution in [2.45, 2.75) is 19.6 Å². The van der Waals surface area contributed by atoms with Crippen molar-refractivity contribution in [2.24, 2.45) is 4.99 Å². The normalized spacial score (nSPS) is 12.2. The molecule has 8 heteroatoms. The number of thiazole rings is 1. The van der Waals surface area contributed by atoms with E-state index in [-0.39, 0.29) is 12.1 Å². The largest absolute Gasteiger partial charge is 0.494 e. The Hall–Kier alpha value is -3.05. The van der Waals surface area contributed by atoms with Crippen LogP contribution in [-0.4, -0.2) is 17.1 Å². The molecule has 0 N–H and O–H groups in total. The lowest BCUT2D eigenvalue weighted by Gasteiger charge is -2.06. The molecule has 3 aromatic rings. The predicted octanol–water partition coefficient (Wildman–Crippen LogP) is 4.49. The summed E-state index contributed by atoms with van der Waals surface area (Å²) in [6.45, 7) is 2.54. The number of carbonyl (C=O) groups is 1. The van der Waals surface area contributed by atoms with Crippen LogP contribution in [0.3, 0.4) is 0 Å². The van der Waals surface area contributed by atoms with Crippen molar-refractivity contribution in [3.05, 3.63) is 58.4 Å². The van der Waals surface area contributed by atoms with Crippen LogP contribution >= 0.6 is 11.3 Å². The van der Waals surface area contributed by atoms with E-state index in [0.29, 0.717) is 17.2 Å². The second kappa shape index (κ2) is 7.90. The van der Waals surface area contributed by atoms with E-state index in [1.807, 2.05) is 19.1 Å².